The molecule has 0 saturated carbocycles. The molecule has 0 aliphatic heterocycles. The summed E-state index contributed by atoms with van der Waals surface area (Å²) in [7, 11) is 0. The molecule has 1 aromatic heterocycles. The van der Waals surface area contributed by atoms with E-state index in [-0.39, 0.29) is 6.42 Å². The Hall–Kier alpha value is -1.05. The molecule has 0 saturated heterocycles. The zero-order valence-electron chi connectivity index (χ0n) is 6.87. The molecule has 1 rings (SSSR count). The van der Waals surface area contributed by atoms with Gasteiger partial charge in [-0.3, -0.25) is 0 Å². The number of aromatic nitrogens is 1. The molecule has 1 heterocycles. The predicted molar refractivity (Wildman–Crippen MR) is 54.9 cm³/mol. The smallest absolute Gasteiger partial charge is 0.120 e. The first-order valence-electron chi connectivity index (χ1n) is 3.68. The molecule has 1 atom stereocenters. The topological polar surface area (TPSA) is 59.1 Å². The highest BCUT2D eigenvalue weighted by Gasteiger charge is 2.06. The van der Waals surface area contributed by atoms with Gasteiger partial charge in [0.1, 0.15) is 10.7 Å². The number of hydrogen-bond donors (Lipinski definition) is 2. The van der Waals surface area contributed by atoms with Crippen LogP contribution in [0.25, 0.3) is 0 Å². The molecule has 1 unspecified atom stereocenters. The van der Waals surface area contributed by atoms with Gasteiger partial charge in [0.2, 0.25) is 0 Å². The monoisotopic (exact) mass is 240 g/mol. The maximum absolute atomic E-state index is 9.18. The SMILES string of the molecule is C#CC(O)Cc1nc(Br)ccc1N. The first kappa shape index (κ1) is 10.0. The fourth-order valence-corrected chi connectivity index (χ4v) is 1.24. The minimum atomic E-state index is -0.830. The van der Waals surface area contributed by atoms with Gasteiger partial charge in [-0.2, -0.15) is 0 Å². The number of pyridine rings is 1. The molecule has 0 fully saturated rings. The maximum atomic E-state index is 9.18. The number of nitrogens with zero attached hydrogens (tertiary/aromatic N) is 1. The highest BCUT2D eigenvalue weighted by atomic mass is 79.9. The molecule has 0 aliphatic rings. The van der Waals surface area contributed by atoms with Crippen LogP contribution in [0.4, 0.5) is 5.69 Å². The molecular weight excluding hydrogens is 232 g/mol. The van der Waals surface area contributed by atoms with E-state index in [1.165, 1.54) is 0 Å². The molecule has 4 heteroatoms. The van der Waals surface area contributed by atoms with Gasteiger partial charge < -0.3 is 10.8 Å². The van der Waals surface area contributed by atoms with Crippen molar-refractivity contribution >= 4 is 21.6 Å². The van der Waals surface area contributed by atoms with E-state index in [4.69, 9.17) is 12.2 Å². The number of anilines is 1. The molecule has 0 aromatic carbocycles. The third kappa shape index (κ3) is 2.72. The molecule has 1 aromatic rings. The Morgan fingerprint density at radius 1 is 1.69 bits per heavy atom. The summed E-state index contributed by atoms with van der Waals surface area (Å²) in [5, 5.41) is 9.18. The number of terminal acetylenes is 1. The zero-order valence-corrected chi connectivity index (χ0v) is 8.45. The number of aliphatic hydroxyl groups excluding tert-OH is 1. The van der Waals surface area contributed by atoms with Gasteiger partial charge in [-0.05, 0) is 28.1 Å². The summed E-state index contributed by atoms with van der Waals surface area (Å²) in [5.41, 5.74) is 6.78. The molecule has 0 amide bonds. The van der Waals surface area contributed by atoms with Crippen LogP contribution < -0.4 is 5.73 Å². The van der Waals surface area contributed by atoms with Crippen molar-refractivity contribution < 1.29 is 5.11 Å². The summed E-state index contributed by atoms with van der Waals surface area (Å²) in [6.07, 6.45) is 4.48. The van der Waals surface area contributed by atoms with Gasteiger partial charge in [-0.25, -0.2) is 4.98 Å². The van der Waals surface area contributed by atoms with Crippen LogP contribution in [-0.2, 0) is 6.42 Å². The highest BCUT2D eigenvalue weighted by Crippen LogP contribution is 2.15. The van der Waals surface area contributed by atoms with E-state index >= 15 is 0 Å². The van der Waals surface area contributed by atoms with Crippen molar-refractivity contribution in [1.29, 1.82) is 0 Å². The van der Waals surface area contributed by atoms with Crippen LogP contribution in [0.3, 0.4) is 0 Å². The van der Waals surface area contributed by atoms with Crippen molar-refractivity contribution in [2.45, 2.75) is 12.5 Å². The van der Waals surface area contributed by atoms with Crippen molar-refractivity contribution in [3.8, 4) is 12.3 Å². The Bertz CT molecular complexity index is 346. The lowest BCUT2D eigenvalue weighted by Gasteiger charge is -2.06. The normalized spacial score (nSPS) is 12.1. The number of rotatable bonds is 2. The molecule has 0 aliphatic carbocycles. The fourth-order valence-electron chi connectivity index (χ4n) is 0.891. The van der Waals surface area contributed by atoms with E-state index in [0.717, 1.165) is 0 Å². The molecule has 0 spiro atoms. The van der Waals surface area contributed by atoms with E-state index in [1.54, 1.807) is 12.1 Å². The zero-order chi connectivity index (χ0) is 9.84. The lowest BCUT2D eigenvalue weighted by Crippen LogP contribution is -2.10. The molecule has 0 bridgehead atoms. The summed E-state index contributed by atoms with van der Waals surface area (Å²) in [4.78, 5) is 4.10. The molecule has 13 heavy (non-hydrogen) atoms. The van der Waals surface area contributed by atoms with Crippen LogP contribution in [0.5, 0.6) is 0 Å². The van der Waals surface area contributed by atoms with E-state index < -0.39 is 6.10 Å². The molecule has 3 nitrogen and oxygen atoms in total. The van der Waals surface area contributed by atoms with E-state index in [0.29, 0.717) is 16.0 Å². The third-order valence-electron chi connectivity index (χ3n) is 1.55. The van der Waals surface area contributed by atoms with Crippen molar-refractivity contribution in [2.24, 2.45) is 0 Å². The number of aliphatic hydroxyl groups is 1. The van der Waals surface area contributed by atoms with Crippen molar-refractivity contribution in [3.05, 3.63) is 22.4 Å². The second-order valence-corrected chi connectivity index (χ2v) is 3.37. The summed E-state index contributed by atoms with van der Waals surface area (Å²) in [5.74, 6) is 2.20. The van der Waals surface area contributed by atoms with Crippen molar-refractivity contribution in [2.75, 3.05) is 5.73 Å². The Kier molecular flexibility index (Phi) is 3.29. The Morgan fingerprint density at radius 3 is 3.00 bits per heavy atom. The number of nitrogens with two attached hydrogens (primary N) is 1. The van der Waals surface area contributed by atoms with Crippen LogP contribution in [0.1, 0.15) is 5.69 Å². The number of nitrogen functional groups attached to an aromatic ring is 1. The average Bonchev–Trinajstić information content (AvgIpc) is 2.11. The Morgan fingerprint density at radius 2 is 2.38 bits per heavy atom. The average molecular weight is 241 g/mol. The molecule has 68 valence electrons. The van der Waals surface area contributed by atoms with Crippen LogP contribution >= 0.6 is 15.9 Å². The van der Waals surface area contributed by atoms with Gasteiger partial charge in [-0.15, -0.1) is 6.42 Å². The van der Waals surface area contributed by atoms with Crippen molar-refractivity contribution in [1.82, 2.24) is 4.98 Å². The molecular formula is C9H9BrN2O. The predicted octanol–water partition coefficient (Wildman–Crippen LogP) is 0.963. The largest absolute Gasteiger partial charge is 0.397 e. The lowest BCUT2D eigenvalue weighted by molar-refractivity contribution is 0.232. The van der Waals surface area contributed by atoms with Crippen LogP contribution in [0, 0.1) is 12.3 Å². The number of hydrogen-bond acceptors (Lipinski definition) is 3. The summed E-state index contributed by atoms with van der Waals surface area (Å²) in [6.45, 7) is 0. The van der Waals surface area contributed by atoms with E-state index in [1.807, 2.05) is 0 Å². The Balaban J connectivity index is 2.88. The maximum Gasteiger partial charge on any atom is 0.120 e. The van der Waals surface area contributed by atoms with Gasteiger partial charge in [-0.1, -0.05) is 5.92 Å². The van der Waals surface area contributed by atoms with Crippen LogP contribution in [0.2, 0.25) is 0 Å². The van der Waals surface area contributed by atoms with Crippen LogP contribution in [0.15, 0.2) is 16.7 Å². The van der Waals surface area contributed by atoms with Gasteiger partial charge in [0.25, 0.3) is 0 Å². The second-order valence-electron chi connectivity index (χ2n) is 2.56. The quantitative estimate of drug-likeness (QED) is 0.599. The second kappa shape index (κ2) is 4.26. The summed E-state index contributed by atoms with van der Waals surface area (Å²) < 4.78 is 0.681. The fraction of sp³-hybridized carbons (Fsp3) is 0.222. The summed E-state index contributed by atoms with van der Waals surface area (Å²) in [6, 6.07) is 3.46. The highest BCUT2D eigenvalue weighted by molar-refractivity contribution is 9.10. The first-order chi connectivity index (χ1) is 6.13. The van der Waals surface area contributed by atoms with Gasteiger partial charge in [0, 0.05) is 6.42 Å². The lowest BCUT2D eigenvalue weighted by atomic mass is 10.1. The van der Waals surface area contributed by atoms with E-state index in [2.05, 4.69) is 26.8 Å². The van der Waals surface area contributed by atoms with Gasteiger partial charge in [0.15, 0.2) is 0 Å². The first-order valence-corrected chi connectivity index (χ1v) is 4.48. The molecule has 3 N–H and O–H groups in total. The minimum absolute atomic E-state index is 0.280. The third-order valence-corrected chi connectivity index (χ3v) is 2.00. The minimum Gasteiger partial charge on any atom is -0.397 e. The van der Waals surface area contributed by atoms with Gasteiger partial charge >= 0.3 is 0 Å². The molecule has 0 radical (unpaired) electrons. The summed E-state index contributed by atoms with van der Waals surface area (Å²) >= 11 is 3.21. The van der Waals surface area contributed by atoms with E-state index in [9.17, 15) is 5.11 Å². The van der Waals surface area contributed by atoms with Crippen molar-refractivity contribution in [3.63, 3.8) is 0 Å². The standard InChI is InChI=1S/C9H9BrN2O/c1-2-6(13)5-8-7(11)3-4-9(10)12-8/h1,3-4,6,13H,5,11H2. The van der Waals surface area contributed by atoms with Gasteiger partial charge in [0.05, 0.1) is 11.4 Å². The van der Waals surface area contributed by atoms with Crippen LogP contribution in [-0.4, -0.2) is 16.2 Å². The Labute approximate surface area is 85.1 Å². The number of halogens is 1.